The summed E-state index contributed by atoms with van der Waals surface area (Å²) in [6.07, 6.45) is 1.29. The van der Waals surface area contributed by atoms with Crippen LogP contribution in [0.1, 0.15) is 0 Å². The number of aryl methyl sites for hydroxylation is 1. The summed E-state index contributed by atoms with van der Waals surface area (Å²) in [5.74, 6) is 0. The topological polar surface area (TPSA) is 58.7 Å². The molecule has 0 amide bonds. The van der Waals surface area contributed by atoms with E-state index in [0.717, 1.165) is 27.7 Å². The van der Waals surface area contributed by atoms with Crippen molar-refractivity contribution >= 4 is 22.8 Å². The third-order valence-electron chi connectivity index (χ3n) is 2.12. The molecule has 0 aliphatic carbocycles. The average Bonchev–Trinajstić information content (AvgIpc) is 2.25. The van der Waals surface area contributed by atoms with E-state index in [4.69, 9.17) is 5.26 Å². The van der Waals surface area contributed by atoms with Crippen molar-refractivity contribution < 1.29 is 0 Å². The van der Waals surface area contributed by atoms with Crippen LogP contribution in [0.5, 0.6) is 0 Å². The van der Waals surface area contributed by atoms with Gasteiger partial charge in [0.1, 0.15) is 5.40 Å². The van der Waals surface area contributed by atoms with Gasteiger partial charge in [0.15, 0.2) is 0 Å². The fourth-order valence-electron chi connectivity index (χ4n) is 1.33. The monoisotopic (exact) mass is 217 g/mol. The van der Waals surface area contributed by atoms with E-state index in [1.807, 2.05) is 11.5 Å². The molecule has 4 nitrogen and oxygen atoms in total. The Labute approximate surface area is 90.2 Å². The zero-order chi connectivity index (χ0) is 10.8. The van der Waals surface area contributed by atoms with Gasteiger partial charge in [0.25, 0.3) is 5.56 Å². The van der Waals surface area contributed by atoms with Gasteiger partial charge in [-0.1, -0.05) is 0 Å². The molecule has 15 heavy (non-hydrogen) atoms. The number of nitriles is 1. The molecule has 0 radical (unpaired) electrons. The standard InChI is InChI=1S/C10H7N3OS/c1-13-9-4-7(15-6-11)2-3-8(9)12-5-10(13)14/h2-5H,1H3. The first kappa shape index (κ1) is 9.74. The SMILES string of the molecule is Cn1c(=O)cnc2ccc(SC#N)cc21. The maximum Gasteiger partial charge on any atom is 0.269 e. The molecule has 1 aromatic carbocycles. The van der Waals surface area contributed by atoms with Gasteiger partial charge in [-0.2, -0.15) is 5.26 Å². The Morgan fingerprint density at radius 3 is 3.07 bits per heavy atom. The van der Waals surface area contributed by atoms with Gasteiger partial charge < -0.3 is 4.57 Å². The first-order valence-electron chi connectivity index (χ1n) is 4.24. The Bertz CT molecular complexity index is 612. The van der Waals surface area contributed by atoms with Crippen LogP contribution in [0.4, 0.5) is 0 Å². The second-order valence-corrected chi connectivity index (χ2v) is 3.86. The van der Waals surface area contributed by atoms with E-state index in [2.05, 4.69) is 4.98 Å². The zero-order valence-electron chi connectivity index (χ0n) is 7.97. The average molecular weight is 217 g/mol. The van der Waals surface area contributed by atoms with E-state index in [-0.39, 0.29) is 5.56 Å². The maximum atomic E-state index is 11.3. The molecule has 0 saturated heterocycles. The highest BCUT2D eigenvalue weighted by Crippen LogP contribution is 2.20. The predicted molar refractivity (Wildman–Crippen MR) is 58.5 cm³/mol. The van der Waals surface area contributed by atoms with Gasteiger partial charge in [0.2, 0.25) is 0 Å². The number of nitrogens with zero attached hydrogens (tertiary/aromatic N) is 3. The number of thiocyanates is 1. The third-order valence-corrected chi connectivity index (χ3v) is 2.70. The summed E-state index contributed by atoms with van der Waals surface area (Å²) in [6.45, 7) is 0. The summed E-state index contributed by atoms with van der Waals surface area (Å²) >= 11 is 1.07. The Hall–Kier alpha value is -1.80. The van der Waals surface area contributed by atoms with Crippen molar-refractivity contribution in [3.05, 3.63) is 34.7 Å². The fraction of sp³-hybridized carbons (Fsp3) is 0.100. The summed E-state index contributed by atoms with van der Waals surface area (Å²) in [6, 6.07) is 5.40. The molecule has 0 saturated carbocycles. The number of aromatic nitrogens is 2. The van der Waals surface area contributed by atoms with Gasteiger partial charge in [-0.15, -0.1) is 0 Å². The molecule has 0 fully saturated rings. The quantitative estimate of drug-likeness (QED) is 0.536. The molecule has 1 aromatic heterocycles. The summed E-state index contributed by atoms with van der Waals surface area (Å²) in [4.78, 5) is 16.2. The molecule has 0 aliphatic heterocycles. The Balaban J connectivity index is 2.75. The molecule has 0 aliphatic rings. The number of fused-ring (bicyclic) bond motifs is 1. The Morgan fingerprint density at radius 1 is 1.53 bits per heavy atom. The molecule has 74 valence electrons. The van der Waals surface area contributed by atoms with E-state index < -0.39 is 0 Å². The molecule has 0 spiro atoms. The maximum absolute atomic E-state index is 11.3. The van der Waals surface area contributed by atoms with Gasteiger partial charge in [0, 0.05) is 11.9 Å². The number of hydrogen-bond acceptors (Lipinski definition) is 4. The van der Waals surface area contributed by atoms with E-state index in [0.29, 0.717) is 0 Å². The number of hydrogen-bond donors (Lipinski definition) is 0. The van der Waals surface area contributed by atoms with Crippen LogP contribution in [-0.2, 0) is 7.05 Å². The fourth-order valence-corrected chi connectivity index (χ4v) is 1.74. The van der Waals surface area contributed by atoms with Gasteiger partial charge in [0.05, 0.1) is 17.2 Å². The lowest BCUT2D eigenvalue weighted by atomic mass is 10.3. The first-order chi connectivity index (χ1) is 7.22. The minimum absolute atomic E-state index is 0.151. The van der Waals surface area contributed by atoms with Gasteiger partial charge in [-0.25, -0.2) is 4.98 Å². The summed E-state index contributed by atoms with van der Waals surface area (Å²) < 4.78 is 1.52. The lowest BCUT2D eigenvalue weighted by molar-refractivity contribution is 0.890. The van der Waals surface area contributed by atoms with E-state index in [1.54, 1.807) is 19.2 Å². The molecular formula is C10H7N3OS. The van der Waals surface area contributed by atoms with Crippen molar-refractivity contribution in [2.24, 2.45) is 7.05 Å². The van der Waals surface area contributed by atoms with Gasteiger partial charge >= 0.3 is 0 Å². The molecule has 0 atom stereocenters. The number of thioether (sulfide) groups is 1. The van der Waals surface area contributed by atoms with Crippen LogP contribution < -0.4 is 5.56 Å². The number of benzene rings is 1. The van der Waals surface area contributed by atoms with Crippen LogP contribution in [0.2, 0.25) is 0 Å². The van der Waals surface area contributed by atoms with Crippen LogP contribution in [0.15, 0.2) is 34.1 Å². The molecule has 0 unspecified atom stereocenters. The minimum atomic E-state index is -0.151. The third kappa shape index (κ3) is 1.72. The molecule has 2 rings (SSSR count). The van der Waals surface area contributed by atoms with Crippen LogP contribution in [0, 0.1) is 10.7 Å². The lowest BCUT2D eigenvalue weighted by Gasteiger charge is -2.03. The summed E-state index contributed by atoms with van der Waals surface area (Å²) in [7, 11) is 1.69. The molecule has 1 heterocycles. The highest BCUT2D eigenvalue weighted by Gasteiger charge is 2.02. The first-order valence-corrected chi connectivity index (χ1v) is 5.06. The molecule has 5 heteroatoms. The van der Waals surface area contributed by atoms with Crippen LogP contribution in [0.3, 0.4) is 0 Å². The summed E-state index contributed by atoms with van der Waals surface area (Å²) in [5.41, 5.74) is 1.34. The molecular weight excluding hydrogens is 210 g/mol. The van der Waals surface area contributed by atoms with Crippen molar-refractivity contribution in [2.45, 2.75) is 4.90 Å². The summed E-state index contributed by atoms with van der Waals surface area (Å²) in [5, 5.41) is 10.5. The van der Waals surface area contributed by atoms with Crippen molar-refractivity contribution in [2.75, 3.05) is 0 Å². The van der Waals surface area contributed by atoms with E-state index in [9.17, 15) is 4.79 Å². The van der Waals surface area contributed by atoms with E-state index >= 15 is 0 Å². The van der Waals surface area contributed by atoms with Crippen LogP contribution >= 0.6 is 11.8 Å². The minimum Gasteiger partial charge on any atom is -0.308 e. The molecule has 2 aromatic rings. The van der Waals surface area contributed by atoms with Gasteiger partial charge in [-0.3, -0.25) is 4.79 Å². The van der Waals surface area contributed by atoms with Crippen molar-refractivity contribution in [1.82, 2.24) is 9.55 Å². The highest BCUT2D eigenvalue weighted by atomic mass is 32.2. The largest absolute Gasteiger partial charge is 0.308 e. The predicted octanol–water partition coefficient (Wildman–Crippen LogP) is 1.51. The van der Waals surface area contributed by atoms with Crippen LogP contribution in [-0.4, -0.2) is 9.55 Å². The van der Waals surface area contributed by atoms with Crippen molar-refractivity contribution in [1.29, 1.82) is 5.26 Å². The number of rotatable bonds is 1. The zero-order valence-corrected chi connectivity index (χ0v) is 8.78. The highest BCUT2D eigenvalue weighted by molar-refractivity contribution is 8.03. The van der Waals surface area contributed by atoms with Gasteiger partial charge in [-0.05, 0) is 30.0 Å². The van der Waals surface area contributed by atoms with Crippen molar-refractivity contribution in [3.63, 3.8) is 0 Å². The Kier molecular flexibility index (Phi) is 2.44. The second-order valence-electron chi connectivity index (χ2n) is 3.00. The normalized spacial score (nSPS) is 10.1. The smallest absolute Gasteiger partial charge is 0.269 e. The van der Waals surface area contributed by atoms with Crippen molar-refractivity contribution in [3.8, 4) is 5.40 Å². The molecule has 0 bridgehead atoms. The Morgan fingerprint density at radius 2 is 2.33 bits per heavy atom. The second kappa shape index (κ2) is 3.75. The molecule has 0 N–H and O–H groups in total. The lowest BCUT2D eigenvalue weighted by Crippen LogP contribution is -2.16. The van der Waals surface area contributed by atoms with Crippen LogP contribution in [0.25, 0.3) is 11.0 Å². The van der Waals surface area contributed by atoms with E-state index in [1.165, 1.54) is 10.8 Å².